The molecule has 3 aromatic rings. The predicted molar refractivity (Wildman–Crippen MR) is 90.2 cm³/mol. The summed E-state index contributed by atoms with van der Waals surface area (Å²) in [5.41, 5.74) is 8.28. The van der Waals surface area contributed by atoms with Gasteiger partial charge in [-0.25, -0.2) is 9.97 Å². The van der Waals surface area contributed by atoms with Crippen molar-refractivity contribution < 1.29 is 0 Å². The molecule has 6 heteroatoms. The Hall–Kier alpha value is -3.15. The molecule has 4 N–H and O–H groups in total. The molecule has 0 radical (unpaired) electrons. The van der Waals surface area contributed by atoms with Crippen LogP contribution in [0.4, 0.5) is 23.0 Å². The summed E-state index contributed by atoms with van der Waals surface area (Å²) in [5.74, 6) is 1.12. The number of nitrogens with two attached hydrogens (primary N) is 1. The number of fused-ring (bicyclic) bond motifs is 1. The van der Waals surface area contributed by atoms with E-state index in [4.69, 9.17) is 5.73 Å². The van der Waals surface area contributed by atoms with E-state index in [-0.39, 0.29) is 0 Å². The van der Waals surface area contributed by atoms with Crippen LogP contribution in [0, 0.1) is 0 Å². The topological polar surface area (TPSA) is 88.8 Å². The zero-order valence-corrected chi connectivity index (χ0v) is 12.0. The lowest BCUT2D eigenvalue weighted by Gasteiger charge is -2.12. The fourth-order valence-electron chi connectivity index (χ4n) is 2.14. The standard InChI is InChI=1S/C16H16N6/c1-2-8-19-15-13(17)16(21-10-20-15)22-12-7-3-5-11-6-4-9-18-14(11)12/h2-7,9-10H,1,8,17H2,(H2,19,20,21,22). The quantitative estimate of drug-likeness (QED) is 0.627. The molecule has 0 fully saturated rings. The van der Waals surface area contributed by atoms with Crippen molar-refractivity contribution >= 4 is 33.9 Å². The first-order valence-corrected chi connectivity index (χ1v) is 6.85. The number of aromatic nitrogens is 3. The van der Waals surface area contributed by atoms with E-state index in [9.17, 15) is 0 Å². The number of para-hydroxylation sites is 1. The van der Waals surface area contributed by atoms with Crippen molar-refractivity contribution in [1.29, 1.82) is 0 Å². The molecule has 0 amide bonds. The number of hydrogen-bond donors (Lipinski definition) is 3. The summed E-state index contributed by atoms with van der Waals surface area (Å²) < 4.78 is 0. The van der Waals surface area contributed by atoms with Gasteiger partial charge in [-0.1, -0.05) is 24.3 Å². The summed E-state index contributed by atoms with van der Waals surface area (Å²) in [6.07, 6.45) is 4.96. The number of anilines is 4. The number of nitrogen functional groups attached to an aromatic ring is 1. The molecule has 0 aliphatic heterocycles. The maximum Gasteiger partial charge on any atom is 0.159 e. The van der Waals surface area contributed by atoms with E-state index >= 15 is 0 Å². The second-order valence-corrected chi connectivity index (χ2v) is 4.66. The molecule has 3 rings (SSSR count). The monoisotopic (exact) mass is 292 g/mol. The Morgan fingerprint density at radius 3 is 2.77 bits per heavy atom. The lowest BCUT2D eigenvalue weighted by molar-refractivity contribution is 1.15. The lowest BCUT2D eigenvalue weighted by Crippen LogP contribution is -2.08. The molecule has 0 spiro atoms. The van der Waals surface area contributed by atoms with Crippen LogP contribution in [-0.4, -0.2) is 21.5 Å². The summed E-state index contributed by atoms with van der Waals surface area (Å²) in [4.78, 5) is 12.7. The number of nitrogens with zero attached hydrogens (tertiary/aromatic N) is 3. The normalized spacial score (nSPS) is 10.4. The molecule has 110 valence electrons. The van der Waals surface area contributed by atoms with Gasteiger partial charge in [-0.3, -0.25) is 4.98 Å². The summed E-state index contributed by atoms with van der Waals surface area (Å²) >= 11 is 0. The van der Waals surface area contributed by atoms with Gasteiger partial charge >= 0.3 is 0 Å². The molecule has 0 aliphatic carbocycles. The van der Waals surface area contributed by atoms with Crippen molar-refractivity contribution in [2.75, 3.05) is 22.9 Å². The molecule has 1 aromatic carbocycles. The Balaban J connectivity index is 1.97. The van der Waals surface area contributed by atoms with Gasteiger partial charge < -0.3 is 16.4 Å². The van der Waals surface area contributed by atoms with Crippen LogP contribution in [0.15, 0.2) is 55.5 Å². The van der Waals surface area contributed by atoms with Crippen LogP contribution in [0.2, 0.25) is 0 Å². The number of pyridine rings is 1. The van der Waals surface area contributed by atoms with Crippen LogP contribution in [0.5, 0.6) is 0 Å². The molecule has 0 aliphatic rings. The van der Waals surface area contributed by atoms with E-state index in [0.29, 0.717) is 23.9 Å². The van der Waals surface area contributed by atoms with Crippen molar-refractivity contribution in [3.8, 4) is 0 Å². The van der Waals surface area contributed by atoms with Gasteiger partial charge in [-0.15, -0.1) is 6.58 Å². The average Bonchev–Trinajstić information content (AvgIpc) is 2.56. The van der Waals surface area contributed by atoms with E-state index < -0.39 is 0 Å². The molecule has 22 heavy (non-hydrogen) atoms. The zero-order chi connectivity index (χ0) is 15.4. The van der Waals surface area contributed by atoms with E-state index in [1.807, 2.05) is 30.3 Å². The fourth-order valence-corrected chi connectivity index (χ4v) is 2.14. The molecule has 2 aromatic heterocycles. The van der Waals surface area contributed by atoms with Gasteiger partial charge in [-0.05, 0) is 12.1 Å². The third kappa shape index (κ3) is 2.67. The van der Waals surface area contributed by atoms with Crippen LogP contribution in [0.25, 0.3) is 10.9 Å². The van der Waals surface area contributed by atoms with Gasteiger partial charge in [0.05, 0.1) is 11.2 Å². The van der Waals surface area contributed by atoms with E-state index in [1.54, 1.807) is 12.3 Å². The minimum Gasteiger partial charge on any atom is -0.393 e. The largest absolute Gasteiger partial charge is 0.393 e. The van der Waals surface area contributed by atoms with Gasteiger partial charge in [0.1, 0.15) is 12.0 Å². The van der Waals surface area contributed by atoms with Gasteiger partial charge in [0, 0.05) is 18.1 Å². The predicted octanol–water partition coefficient (Wildman–Crippen LogP) is 2.95. The van der Waals surface area contributed by atoms with Gasteiger partial charge in [-0.2, -0.15) is 0 Å². The first-order valence-electron chi connectivity index (χ1n) is 6.85. The third-order valence-corrected chi connectivity index (χ3v) is 3.18. The van der Waals surface area contributed by atoms with Crippen LogP contribution in [0.3, 0.4) is 0 Å². The maximum absolute atomic E-state index is 6.11. The van der Waals surface area contributed by atoms with Crippen LogP contribution in [0.1, 0.15) is 0 Å². The van der Waals surface area contributed by atoms with Crippen molar-refractivity contribution in [2.24, 2.45) is 0 Å². The third-order valence-electron chi connectivity index (χ3n) is 3.18. The number of rotatable bonds is 5. The van der Waals surface area contributed by atoms with E-state index in [2.05, 4.69) is 32.2 Å². The molecule has 0 bridgehead atoms. The second kappa shape index (κ2) is 6.09. The summed E-state index contributed by atoms with van der Waals surface area (Å²) in [6, 6.07) is 9.82. The highest BCUT2D eigenvalue weighted by molar-refractivity contribution is 5.93. The zero-order valence-electron chi connectivity index (χ0n) is 12.0. The highest BCUT2D eigenvalue weighted by atomic mass is 15.1. The molecule has 2 heterocycles. The molecule has 0 saturated carbocycles. The van der Waals surface area contributed by atoms with E-state index in [1.165, 1.54) is 6.33 Å². The van der Waals surface area contributed by atoms with Crippen molar-refractivity contribution in [3.05, 3.63) is 55.5 Å². The number of hydrogen-bond acceptors (Lipinski definition) is 6. The number of benzene rings is 1. The van der Waals surface area contributed by atoms with E-state index in [0.717, 1.165) is 16.6 Å². The molecular weight excluding hydrogens is 276 g/mol. The Morgan fingerprint density at radius 2 is 1.91 bits per heavy atom. The summed E-state index contributed by atoms with van der Waals surface area (Å²) in [7, 11) is 0. The Morgan fingerprint density at radius 1 is 1.09 bits per heavy atom. The van der Waals surface area contributed by atoms with Gasteiger partial charge in [0.2, 0.25) is 0 Å². The molecule has 0 atom stereocenters. The SMILES string of the molecule is C=CCNc1ncnc(Nc2cccc3cccnc23)c1N. The van der Waals surface area contributed by atoms with Crippen LogP contribution >= 0.6 is 0 Å². The highest BCUT2D eigenvalue weighted by Crippen LogP contribution is 2.28. The molecule has 6 nitrogen and oxygen atoms in total. The fraction of sp³-hybridized carbons (Fsp3) is 0.0625. The highest BCUT2D eigenvalue weighted by Gasteiger charge is 2.09. The first kappa shape index (κ1) is 13.8. The maximum atomic E-state index is 6.11. The van der Waals surface area contributed by atoms with Crippen LogP contribution in [-0.2, 0) is 0 Å². The summed E-state index contributed by atoms with van der Waals surface area (Å²) in [5, 5.41) is 7.35. The second-order valence-electron chi connectivity index (χ2n) is 4.66. The van der Waals surface area contributed by atoms with Crippen molar-refractivity contribution in [1.82, 2.24) is 15.0 Å². The molecule has 0 unspecified atom stereocenters. The smallest absolute Gasteiger partial charge is 0.159 e. The Bertz CT molecular complexity index is 809. The molecule has 0 saturated heterocycles. The van der Waals surface area contributed by atoms with Crippen LogP contribution < -0.4 is 16.4 Å². The Labute approximate surface area is 128 Å². The van der Waals surface area contributed by atoms with Gasteiger partial charge in [0.25, 0.3) is 0 Å². The Kier molecular flexibility index (Phi) is 3.82. The average molecular weight is 292 g/mol. The molecular formula is C16H16N6. The minimum absolute atomic E-state index is 0.456. The van der Waals surface area contributed by atoms with Crippen molar-refractivity contribution in [3.63, 3.8) is 0 Å². The lowest BCUT2D eigenvalue weighted by atomic mass is 10.2. The minimum atomic E-state index is 0.456. The number of nitrogens with one attached hydrogen (secondary N) is 2. The summed E-state index contributed by atoms with van der Waals surface area (Å²) in [6.45, 7) is 4.24. The van der Waals surface area contributed by atoms with Crippen molar-refractivity contribution in [2.45, 2.75) is 0 Å². The first-order chi connectivity index (χ1) is 10.8. The van der Waals surface area contributed by atoms with Gasteiger partial charge in [0.15, 0.2) is 11.6 Å².